The van der Waals surface area contributed by atoms with E-state index in [1.165, 1.54) is 25.5 Å². The third-order valence-electron chi connectivity index (χ3n) is 3.54. The SMILES string of the molecule is COc1cc(/C=N/NC(=O)c2cccc(Cl)c2)ccc1Oc1nc(Cl)ncc1F. The summed E-state index contributed by atoms with van der Waals surface area (Å²) in [6.45, 7) is 0. The van der Waals surface area contributed by atoms with Gasteiger partial charge in [0.15, 0.2) is 11.5 Å². The third-order valence-corrected chi connectivity index (χ3v) is 3.96. The minimum Gasteiger partial charge on any atom is -0.493 e. The second-order valence-corrected chi connectivity index (χ2v) is 6.29. The van der Waals surface area contributed by atoms with Crippen molar-refractivity contribution in [1.82, 2.24) is 15.4 Å². The van der Waals surface area contributed by atoms with E-state index in [-0.39, 0.29) is 16.9 Å². The maximum atomic E-state index is 13.8. The molecule has 1 heterocycles. The molecule has 1 aromatic heterocycles. The fraction of sp³-hybridized carbons (Fsp3) is 0.0526. The minimum atomic E-state index is -0.772. The van der Waals surface area contributed by atoms with Crippen LogP contribution in [0.25, 0.3) is 0 Å². The minimum absolute atomic E-state index is 0.153. The van der Waals surface area contributed by atoms with E-state index in [0.717, 1.165) is 6.20 Å². The number of hydrogen-bond donors (Lipinski definition) is 1. The number of amides is 1. The smallest absolute Gasteiger partial charge is 0.271 e. The number of rotatable bonds is 6. The van der Waals surface area contributed by atoms with Crippen LogP contribution in [-0.4, -0.2) is 29.2 Å². The quantitative estimate of drug-likeness (QED) is 0.351. The molecule has 0 aliphatic carbocycles. The fourth-order valence-corrected chi connectivity index (χ4v) is 2.53. The Labute approximate surface area is 175 Å². The Kier molecular flexibility index (Phi) is 6.58. The molecule has 3 rings (SSSR count). The van der Waals surface area contributed by atoms with Crippen molar-refractivity contribution < 1.29 is 18.7 Å². The van der Waals surface area contributed by atoms with E-state index in [9.17, 15) is 9.18 Å². The molecule has 0 saturated carbocycles. The van der Waals surface area contributed by atoms with Crippen LogP contribution in [0.15, 0.2) is 53.8 Å². The summed E-state index contributed by atoms with van der Waals surface area (Å²) in [5.74, 6) is -1.01. The van der Waals surface area contributed by atoms with Crippen molar-refractivity contribution >= 4 is 35.3 Å². The fourth-order valence-electron chi connectivity index (χ4n) is 2.22. The molecule has 0 fully saturated rings. The number of hydrogen-bond acceptors (Lipinski definition) is 6. The molecule has 0 unspecified atom stereocenters. The predicted octanol–water partition coefficient (Wildman–Crippen LogP) is 4.49. The van der Waals surface area contributed by atoms with Crippen LogP contribution >= 0.6 is 23.2 Å². The number of halogens is 3. The molecule has 0 radical (unpaired) electrons. The summed E-state index contributed by atoms with van der Waals surface area (Å²) in [6, 6.07) is 11.2. The summed E-state index contributed by atoms with van der Waals surface area (Å²) >= 11 is 11.5. The van der Waals surface area contributed by atoms with E-state index in [1.54, 1.807) is 30.3 Å². The van der Waals surface area contributed by atoms with Gasteiger partial charge < -0.3 is 9.47 Å². The second-order valence-electron chi connectivity index (χ2n) is 5.51. The van der Waals surface area contributed by atoms with Crippen molar-refractivity contribution in [3.8, 4) is 17.4 Å². The van der Waals surface area contributed by atoms with Gasteiger partial charge in [0.05, 0.1) is 19.5 Å². The van der Waals surface area contributed by atoms with Crippen molar-refractivity contribution in [2.24, 2.45) is 5.10 Å². The zero-order valence-corrected chi connectivity index (χ0v) is 16.4. The zero-order chi connectivity index (χ0) is 20.8. The highest BCUT2D eigenvalue weighted by molar-refractivity contribution is 6.31. The van der Waals surface area contributed by atoms with Crippen molar-refractivity contribution in [3.05, 3.63) is 75.9 Å². The van der Waals surface area contributed by atoms with Crippen LogP contribution in [0.1, 0.15) is 15.9 Å². The molecular weight excluding hydrogens is 422 g/mol. The van der Waals surface area contributed by atoms with Crippen molar-refractivity contribution in [2.75, 3.05) is 7.11 Å². The first-order chi connectivity index (χ1) is 14.0. The molecule has 1 amide bonds. The van der Waals surface area contributed by atoms with Gasteiger partial charge in [-0.1, -0.05) is 17.7 Å². The van der Waals surface area contributed by atoms with Gasteiger partial charge >= 0.3 is 0 Å². The van der Waals surface area contributed by atoms with Gasteiger partial charge in [-0.05, 0) is 53.6 Å². The molecule has 0 bridgehead atoms. The molecule has 148 valence electrons. The van der Waals surface area contributed by atoms with Crippen molar-refractivity contribution in [1.29, 1.82) is 0 Å². The number of carbonyl (C=O) groups excluding carboxylic acids is 1. The zero-order valence-electron chi connectivity index (χ0n) is 14.9. The van der Waals surface area contributed by atoms with Gasteiger partial charge in [0, 0.05) is 10.6 Å². The Morgan fingerprint density at radius 1 is 1.21 bits per heavy atom. The summed E-state index contributed by atoms with van der Waals surface area (Å²) < 4.78 is 24.4. The normalized spacial score (nSPS) is 10.8. The number of aromatic nitrogens is 2. The third kappa shape index (κ3) is 5.40. The average Bonchev–Trinajstić information content (AvgIpc) is 2.71. The number of methoxy groups -OCH3 is 1. The molecule has 0 aliphatic rings. The van der Waals surface area contributed by atoms with Crippen LogP contribution in [0.3, 0.4) is 0 Å². The lowest BCUT2D eigenvalue weighted by Gasteiger charge is -2.10. The van der Waals surface area contributed by atoms with Gasteiger partial charge in [0.25, 0.3) is 11.8 Å². The molecular formula is C19H13Cl2FN4O3. The average molecular weight is 435 g/mol. The maximum Gasteiger partial charge on any atom is 0.271 e. The van der Waals surface area contributed by atoms with Crippen LogP contribution in [-0.2, 0) is 0 Å². The molecule has 0 atom stereocenters. The van der Waals surface area contributed by atoms with E-state index >= 15 is 0 Å². The summed E-state index contributed by atoms with van der Waals surface area (Å²) in [6.07, 6.45) is 2.32. The number of carbonyl (C=O) groups is 1. The molecule has 7 nitrogen and oxygen atoms in total. The van der Waals surface area contributed by atoms with E-state index < -0.39 is 11.7 Å². The number of ether oxygens (including phenoxy) is 2. The van der Waals surface area contributed by atoms with Crippen LogP contribution in [0.4, 0.5) is 4.39 Å². The topological polar surface area (TPSA) is 85.7 Å². The van der Waals surface area contributed by atoms with Gasteiger partial charge in [-0.15, -0.1) is 0 Å². The highest BCUT2D eigenvalue weighted by Gasteiger charge is 2.12. The highest BCUT2D eigenvalue weighted by atomic mass is 35.5. The lowest BCUT2D eigenvalue weighted by atomic mass is 10.2. The monoisotopic (exact) mass is 434 g/mol. The summed E-state index contributed by atoms with van der Waals surface area (Å²) in [5, 5.41) is 4.19. The molecule has 29 heavy (non-hydrogen) atoms. The lowest BCUT2D eigenvalue weighted by molar-refractivity contribution is 0.0955. The van der Waals surface area contributed by atoms with Crippen LogP contribution in [0.5, 0.6) is 17.4 Å². The van der Waals surface area contributed by atoms with E-state index in [1.807, 2.05) is 0 Å². The maximum absolute atomic E-state index is 13.8. The van der Waals surface area contributed by atoms with Crippen molar-refractivity contribution in [2.45, 2.75) is 0 Å². The Hall–Kier alpha value is -3.23. The van der Waals surface area contributed by atoms with Crippen molar-refractivity contribution in [3.63, 3.8) is 0 Å². The molecule has 10 heteroatoms. The van der Waals surface area contributed by atoms with Gasteiger partial charge in [0.1, 0.15) is 0 Å². The molecule has 3 aromatic rings. The Morgan fingerprint density at radius 2 is 2.03 bits per heavy atom. The largest absolute Gasteiger partial charge is 0.493 e. The van der Waals surface area contributed by atoms with Gasteiger partial charge in [-0.2, -0.15) is 14.5 Å². The van der Waals surface area contributed by atoms with Crippen LogP contribution in [0.2, 0.25) is 10.3 Å². The number of hydrazone groups is 1. The van der Waals surface area contributed by atoms with E-state index in [0.29, 0.717) is 21.9 Å². The first-order valence-electron chi connectivity index (χ1n) is 8.09. The number of benzene rings is 2. The molecule has 2 aromatic carbocycles. The molecule has 1 N–H and O–H groups in total. The van der Waals surface area contributed by atoms with E-state index in [4.69, 9.17) is 32.7 Å². The van der Waals surface area contributed by atoms with Gasteiger partial charge in [-0.25, -0.2) is 10.4 Å². The lowest BCUT2D eigenvalue weighted by Crippen LogP contribution is -2.17. The van der Waals surface area contributed by atoms with Crippen LogP contribution in [0, 0.1) is 5.82 Å². The highest BCUT2D eigenvalue weighted by Crippen LogP contribution is 2.32. The summed E-state index contributed by atoms with van der Waals surface area (Å²) in [5.41, 5.74) is 3.37. The Balaban J connectivity index is 1.72. The standard InChI is InChI=1S/C19H13Cl2FN4O3/c1-28-16-7-11(9-24-26-17(27)12-3-2-4-13(20)8-12)5-6-15(16)29-18-14(22)10-23-19(21)25-18/h2-10H,1H3,(H,26,27)/b24-9+. The Bertz CT molecular complexity index is 1080. The first kappa shape index (κ1) is 20.5. The summed E-state index contributed by atoms with van der Waals surface area (Å²) in [4.78, 5) is 19.2. The molecule has 0 spiro atoms. The van der Waals surface area contributed by atoms with Crippen LogP contribution < -0.4 is 14.9 Å². The number of nitrogens with zero attached hydrogens (tertiary/aromatic N) is 3. The molecule has 0 aliphatic heterocycles. The van der Waals surface area contributed by atoms with Gasteiger partial charge in [0.2, 0.25) is 11.1 Å². The molecule has 0 saturated heterocycles. The second kappa shape index (κ2) is 9.31. The first-order valence-corrected chi connectivity index (χ1v) is 8.85. The van der Waals surface area contributed by atoms with E-state index in [2.05, 4.69) is 20.5 Å². The predicted molar refractivity (Wildman–Crippen MR) is 107 cm³/mol. The van der Waals surface area contributed by atoms with Gasteiger partial charge in [-0.3, -0.25) is 4.79 Å². The summed E-state index contributed by atoms with van der Waals surface area (Å²) in [7, 11) is 1.42. The number of nitrogens with one attached hydrogen (secondary N) is 1. The Morgan fingerprint density at radius 3 is 2.79 bits per heavy atom.